The molecule has 1 aliphatic rings. The minimum Gasteiger partial charge on any atom is -0.468 e. The van der Waals surface area contributed by atoms with Crippen LogP contribution in [0.5, 0.6) is 0 Å². The first-order chi connectivity index (χ1) is 10.3. The summed E-state index contributed by atoms with van der Waals surface area (Å²) in [7, 11) is 0. The Morgan fingerprint density at radius 2 is 2.29 bits per heavy atom. The molecule has 1 aliphatic heterocycles. The first kappa shape index (κ1) is 14.1. The predicted octanol–water partition coefficient (Wildman–Crippen LogP) is 1.93. The first-order valence-corrected chi connectivity index (χ1v) is 7.43. The van der Waals surface area contributed by atoms with Crippen LogP contribution in [0.2, 0.25) is 0 Å². The van der Waals surface area contributed by atoms with Crippen LogP contribution >= 0.6 is 0 Å². The Kier molecular flexibility index (Phi) is 4.52. The van der Waals surface area contributed by atoms with Gasteiger partial charge < -0.3 is 19.7 Å². The highest BCUT2D eigenvalue weighted by atomic mass is 16.3. The molecule has 0 spiro atoms. The molecular formula is C16H21N3O2. The third-order valence-corrected chi connectivity index (χ3v) is 3.76. The molecule has 3 rings (SSSR count). The van der Waals surface area contributed by atoms with E-state index in [1.54, 1.807) is 6.26 Å². The van der Waals surface area contributed by atoms with Gasteiger partial charge in [0.2, 0.25) is 0 Å². The third-order valence-electron chi connectivity index (χ3n) is 3.76. The van der Waals surface area contributed by atoms with Gasteiger partial charge in [-0.15, -0.1) is 0 Å². The fraction of sp³-hybridized carbons (Fsp3) is 0.438. The molecule has 2 aromatic heterocycles. The summed E-state index contributed by atoms with van der Waals surface area (Å²) in [4.78, 5) is 6.68. The molecule has 0 aliphatic carbocycles. The van der Waals surface area contributed by atoms with Crippen molar-refractivity contribution in [2.45, 2.75) is 32.0 Å². The maximum absolute atomic E-state index is 9.84. The standard InChI is InChI=1S/C16H21N3O2/c20-14-5-2-8-19(12-14)16-13(4-1-7-18-16)10-17-11-15-6-3-9-21-15/h1,3-4,6-7,9,14,17,20H,2,5,8,10-12H2/t14-/m1/s1. The number of anilines is 1. The molecule has 112 valence electrons. The lowest BCUT2D eigenvalue weighted by atomic mass is 10.1. The maximum atomic E-state index is 9.84. The molecule has 0 saturated carbocycles. The summed E-state index contributed by atoms with van der Waals surface area (Å²) in [5.74, 6) is 1.90. The van der Waals surface area contributed by atoms with Crippen molar-refractivity contribution in [3.63, 3.8) is 0 Å². The monoisotopic (exact) mass is 287 g/mol. The fourth-order valence-electron chi connectivity index (χ4n) is 2.73. The highest BCUT2D eigenvalue weighted by Crippen LogP contribution is 2.21. The zero-order chi connectivity index (χ0) is 14.5. The van der Waals surface area contributed by atoms with E-state index in [-0.39, 0.29) is 6.10 Å². The zero-order valence-corrected chi connectivity index (χ0v) is 12.0. The average Bonchev–Trinajstić information content (AvgIpc) is 3.01. The Morgan fingerprint density at radius 3 is 3.10 bits per heavy atom. The lowest BCUT2D eigenvalue weighted by molar-refractivity contribution is 0.154. The summed E-state index contributed by atoms with van der Waals surface area (Å²) in [6, 6.07) is 7.88. The molecule has 1 atom stereocenters. The Labute approximate surface area is 124 Å². The fourth-order valence-corrected chi connectivity index (χ4v) is 2.73. The van der Waals surface area contributed by atoms with E-state index < -0.39 is 0 Å². The number of pyridine rings is 1. The number of hydrogen-bond donors (Lipinski definition) is 2. The van der Waals surface area contributed by atoms with Crippen LogP contribution in [0.4, 0.5) is 5.82 Å². The number of furan rings is 1. The van der Waals surface area contributed by atoms with E-state index in [0.29, 0.717) is 13.1 Å². The Bertz CT molecular complexity index is 556. The summed E-state index contributed by atoms with van der Waals surface area (Å²) >= 11 is 0. The maximum Gasteiger partial charge on any atom is 0.133 e. The molecule has 3 heterocycles. The number of piperidine rings is 1. The normalized spacial score (nSPS) is 18.9. The number of nitrogens with zero attached hydrogens (tertiary/aromatic N) is 2. The van der Waals surface area contributed by atoms with E-state index in [0.717, 1.165) is 43.1 Å². The molecule has 1 fully saturated rings. The molecule has 0 amide bonds. The molecule has 21 heavy (non-hydrogen) atoms. The van der Waals surface area contributed by atoms with Gasteiger partial charge in [0.1, 0.15) is 11.6 Å². The molecule has 5 heteroatoms. The molecular weight excluding hydrogens is 266 g/mol. The van der Waals surface area contributed by atoms with Gasteiger partial charge in [-0.3, -0.25) is 0 Å². The van der Waals surface area contributed by atoms with Crippen molar-refractivity contribution in [1.82, 2.24) is 10.3 Å². The Hall–Kier alpha value is -1.85. The van der Waals surface area contributed by atoms with Gasteiger partial charge in [0.05, 0.1) is 18.9 Å². The number of aliphatic hydroxyl groups is 1. The zero-order valence-electron chi connectivity index (χ0n) is 12.0. The second-order valence-corrected chi connectivity index (χ2v) is 5.41. The van der Waals surface area contributed by atoms with Crippen LogP contribution < -0.4 is 10.2 Å². The number of nitrogens with one attached hydrogen (secondary N) is 1. The van der Waals surface area contributed by atoms with Crippen LogP contribution in [-0.4, -0.2) is 29.3 Å². The number of aliphatic hydroxyl groups excluding tert-OH is 1. The van der Waals surface area contributed by atoms with E-state index in [4.69, 9.17) is 4.42 Å². The highest BCUT2D eigenvalue weighted by molar-refractivity contribution is 5.47. The summed E-state index contributed by atoms with van der Waals surface area (Å²) in [5, 5.41) is 13.2. The minimum atomic E-state index is -0.246. The van der Waals surface area contributed by atoms with Crippen molar-refractivity contribution < 1.29 is 9.52 Å². The summed E-state index contributed by atoms with van der Waals surface area (Å²) < 4.78 is 5.31. The summed E-state index contributed by atoms with van der Waals surface area (Å²) in [5.41, 5.74) is 1.15. The van der Waals surface area contributed by atoms with Gasteiger partial charge in [-0.2, -0.15) is 0 Å². The van der Waals surface area contributed by atoms with Gasteiger partial charge >= 0.3 is 0 Å². The smallest absolute Gasteiger partial charge is 0.133 e. The van der Waals surface area contributed by atoms with Crippen molar-refractivity contribution in [2.75, 3.05) is 18.0 Å². The van der Waals surface area contributed by atoms with Crippen LogP contribution in [0.25, 0.3) is 0 Å². The predicted molar refractivity (Wildman–Crippen MR) is 80.9 cm³/mol. The Balaban J connectivity index is 1.64. The highest BCUT2D eigenvalue weighted by Gasteiger charge is 2.20. The quantitative estimate of drug-likeness (QED) is 0.880. The third kappa shape index (κ3) is 3.62. The van der Waals surface area contributed by atoms with E-state index in [9.17, 15) is 5.11 Å². The van der Waals surface area contributed by atoms with Crippen LogP contribution in [0.1, 0.15) is 24.2 Å². The second-order valence-electron chi connectivity index (χ2n) is 5.41. The molecule has 0 bridgehead atoms. The second kappa shape index (κ2) is 6.74. The van der Waals surface area contributed by atoms with Crippen molar-refractivity contribution in [3.05, 3.63) is 48.0 Å². The van der Waals surface area contributed by atoms with Crippen molar-refractivity contribution in [1.29, 1.82) is 0 Å². The van der Waals surface area contributed by atoms with Crippen LogP contribution in [0, 0.1) is 0 Å². The number of hydrogen-bond acceptors (Lipinski definition) is 5. The lowest BCUT2D eigenvalue weighted by Gasteiger charge is -2.32. The van der Waals surface area contributed by atoms with Gasteiger partial charge in [0.15, 0.2) is 0 Å². The molecule has 1 saturated heterocycles. The van der Waals surface area contributed by atoms with Gasteiger partial charge in [0.25, 0.3) is 0 Å². The molecule has 5 nitrogen and oxygen atoms in total. The van der Waals surface area contributed by atoms with E-state index in [2.05, 4.69) is 21.3 Å². The number of rotatable bonds is 5. The van der Waals surface area contributed by atoms with Crippen molar-refractivity contribution in [2.24, 2.45) is 0 Å². The summed E-state index contributed by atoms with van der Waals surface area (Å²) in [6.45, 7) is 3.06. The van der Waals surface area contributed by atoms with E-state index in [1.807, 2.05) is 24.4 Å². The van der Waals surface area contributed by atoms with Crippen molar-refractivity contribution in [3.8, 4) is 0 Å². The first-order valence-electron chi connectivity index (χ1n) is 7.43. The van der Waals surface area contributed by atoms with Gasteiger partial charge in [-0.05, 0) is 31.0 Å². The van der Waals surface area contributed by atoms with Crippen molar-refractivity contribution >= 4 is 5.82 Å². The molecule has 0 radical (unpaired) electrons. The molecule has 0 aromatic carbocycles. The number of β-amino-alcohol motifs (C(OH)–C–C–N with tert-alkyl or cyclic N) is 1. The van der Waals surface area contributed by atoms with Gasteiger partial charge in [0, 0.05) is 31.4 Å². The van der Waals surface area contributed by atoms with Crippen LogP contribution in [0.3, 0.4) is 0 Å². The van der Waals surface area contributed by atoms with Crippen LogP contribution in [-0.2, 0) is 13.1 Å². The molecule has 0 unspecified atom stereocenters. The van der Waals surface area contributed by atoms with E-state index in [1.165, 1.54) is 0 Å². The van der Waals surface area contributed by atoms with E-state index >= 15 is 0 Å². The lowest BCUT2D eigenvalue weighted by Crippen LogP contribution is -2.39. The van der Waals surface area contributed by atoms with Crippen LogP contribution in [0.15, 0.2) is 41.1 Å². The minimum absolute atomic E-state index is 0.246. The largest absolute Gasteiger partial charge is 0.468 e. The van der Waals surface area contributed by atoms with Gasteiger partial charge in [-0.1, -0.05) is 6.07 Å². The summed E-state index contributed by atoms with van der Waals surface area (Å²) in [6.07, 6.45) is 5.14. The number of aromatic nitrogens is 1. The van der Waals surface area contributed by atoms with Gasteiger partial charge in [-0.25, -0.2) is 4.98 Å². The SMILES string of the molecule is O[C@@H]1CCCN(c2ncccc2CNCc2ccco2)C1. The molecule has 2 N–H and O–H groups in total. The average molecular weight is 287 g/mol. The molecule has 2 aromatic rings. The topological polar surface area (TPSA) is 61.5 Å². The Morgan fingerprint density at radius 1 is 1.33 bits per heavy atom.